The number of aromatic nitrogens is 3. The molecule has 0 unspecified atom stereocenters. The Morgan fingerprint density at radius 3 is 2.50 bits per heavy atom. The summed E-state index contributed by atoms with van der Waals surface area (Å²) in [5.74, 6) is -1.17. The van der Waals surface area contributed by atoms with Crippen molar-refractivity contribution in [1.29, 1.82) is 0 Å². The highest BCUT2D eigenvalue weighted by Crippen LogP contribution is 2.25. The number of thioether (sulfide) groups is 1. The first-order valence-corrected chi connectivity index (χ1v) is 12.1. The number of hydrogen-bond donors (Lipinski definition) is 1. The lowest BCUT2D eigenvalue weighted by molar-refractivity contribution is -0.116. The number of methoxy groups -OCH3 is 1. The monoisotopic (exact) mass is 496 g/mol. The minimum absolute atomic E-state index is 0.143. The van der Waals surface area contributed by atoms with E-state index in [1.807, 2.05) is 13.2 Å². The van der Waals surface area contributed by atoms with Crippen LogP contribution in [0.5, 0.6) is 0 Å². The lowest BCUT2D eigenvalue weighted by Crippen LogP contribution is -2.40. The maximum Gasteiger partial charge on any atom is 0.339 e. The van der Waals surface area contributed by atoms with Gasteiger partial charge in [-0.3, -0.25) is 14.2 Å². The molecule has 4 aromatic rings. The molecular formula is C23H20N4O5S2. The summed E-state index contributed by atoms with van der Waals surface area (Å²) in [4.78, 5) is 56.0. The summed E-state index contributed by atoms with van der Waals surface area (Å²) in [5, 5.41) is 2.65. The van der Waals surface area contributed by atoms with Gasteiger partial charge >= 0.3 is 11.7 Å². The second-order valence-corrected chi connectivity index (χ2v) is 9.32. The number of ether oxygens (including phenoxy) is 1. The van der Waals surface area contributed by atoms with Crippen LogP contribution >= 0.6 is 23.1 Å². The number of nitrogens with zero attached hydrogens (tertiary/aromatic N) is 3. The first-order chi connectivity index (χ1) is 16.3. The summed E-state index contributed by atoms with van der Waals surface area (Å²) >= 11 is 2.51. The van der Waals surface area contributed by atoms with Gasteiger partial charge in [0.1, 0.15) is 11.2 Å². The van der Waals surface area contributed by atoms with Crippen LogP contribution in [0.15, 0.2) is 62.5 Å². The van der Waals surface area contributed by atoms with Gasteiger partial charge in [-0.15, -0.1) is 11.3 Å². The predicted octanol–water partition coefficient (Wildman–Crippen LogP) is 3.06. The van der Waals surface area contributed by atoms with Gasteiger partial charge in [-0.05, 0) is 37.4 Å². The molecule has 0 saturated carbocycles. The van der Waals surface area contributed by atoms with Crippen molar-refractivity contribution in [2.24, 2.45) is 0 Å². The third-order valence-corrected chi connectivity index (χ3v) is 7.06. The highest BCUT2D eigenvalue weighted by molar-refractivity contribution is 8.00. The topological polar surface area (TPSA) is 112 Å². The lowest BCUT2D eigenvalue weighted by Gasteiger charge is -2.13. The molecule has 0 aliphatic heterocycles. The maximum absolute atomic E-state index is 13.4. The van der Waals surface area contributed by atoms with Gasteiger partial charge in [0, 0.05) is 0 Å². The van der Waals surface area contributed by atoms with Crippen molar-refractivity contribution in [2.45, 2.75) is 17.8 Å². The van der Waals surface area contributed by atoms with Crippen molar-refractivity contribution in [2.75, 3.05) is 18.7 Å². The molecule has 34 heavy (non-hydrogen) atoms. The molecule has 2 aromatic carbocycles. The van der Waals surface area contributed by atoms with E-state index < -0.39 is 29.7 Å². The number of carbonyl (C=O) groups excluding carboxylic acids is 2. The van der Waals surface area contributed by atoms with E-state index >= 15 is 0 Å². The van der Waals surface area contributed by atoms with E-state index in [0.717, 1.165) is 10.1 Å². The fraction of sp³-hybridized carbons (Fsp3) is 0.174. The molecule has 0 spiro atoms. The van der Waals surface area contributed by atoms with Crippen molar-refractivity contribution in [3.05, 3.63) is 80.5 Å². The molecule has 0 fully saturated rings. The molecule has 4 rings (SSSR count). The van der Waals surface area contributed by atoms with Gasteiger partial charge in [0.25, 0.3) is 5.56 Å². The van der Waals surface area contributed by atoms with Crippen molar-refractivity contribution in [3.8, 4) is 5.69 Å². The van der Waals surface area contributed by atoms with Crippen LogP contribution in [0.3, 0.4) is 0 Å². The average molecular weight is 497 g/mol. The molecule has 11 heteroatoms. The predicted molar refractivity (Wildman–Crippen MR) is 132 cm³/mol. The highest BCUT2D eigenvalue weighted by atomic mass is 32.2. The fourth-order valence-corrected chi connectivity index (χ4v) is 4.87. The molecule has 0 radical (unpaired) electrons. The van der Waals surface area contributed by atoms with E-state index in [9.17, 15) is 19.2 Å². The van der Waals surface area contributed by atoms with Gasteiger partial charge in [-0.1, -0.05) is 41.6 Å². The number of amides is 1. The summed E-state index contributed by atoms with van der Waals surface area (Å²) in [6.45, 7) is 1.49. The number of carbonyl (C=O) groups is 2. The molecule has 9 nitrogen and oxygen atoms in total. The third-order valence-electron chi connectivity index (χ3n) is 5.04. The first kappa shape index (κ1) is 23.5. The van der Waals surface area contributed by atoms with Gasteiger partial charge in [0.05, 0.1) is 24.0 Å². The Morgan fingerprint density at radius 2 is 1.82 bits per heavy atom. The largest absolute Gasteiger partial charge is 0.465 e. The Bertz CT molecular complexity index is 1520. The van der Waals surface area contributed by atoms with Crippen LogP contribution in [0.4, 0.5) is 5.69 Å². The van der Waals surface area contributed by atoms with Gasteiger partial charge < -0.3 is 10.1 Å². The Labute approximate surface area is 202 Å². The number of aryl methyl sites for hydroxylation is 1. The van der Waals surface area contributed by atoms with Crippen molar-refractivity contribution >= 4 is 51.0 Å². The smallest absolute Gasteiger partial charge is 0.339 e. The third kappa shape index (κ3) is 4.39. The molecule has 1 N–H and O–H groups in total. The highest BCUT2D eigenvalue weighted by Gasteiger charge is 2.21. The van der Waals surface area contributed by atoms with Gasteiger partial charge in [0.15, 0.2) is 9.99 Å². The number of thiazole rings is 1. The Balaban J connectivity index is 1.81. The van der Waals surface area contributed by atoms with Crippen molar-refractivity contribution < 1.29 is 14.3 Å². The lowest BCUT2D eigenvalue weighted by atomic mass is 10.2. The number of anilines is 1. The summed E-state index contributed by atoms with van der Waals surface area (Å²) in [5.41, 5.74) is 0.766. The van der Waals surface area contributed by atoms with E-state index in [0.29, 0.717) is 10.0 Å². The molecule has 174 valence electrons. The molecule has 2 heterocycles. The second-order valence-electron chi connectivity index (χ2n) is 7.27. The fourth-order valence-electron chi connectivity index (χ4n) is 3.38. The van der Waals surface area contributed by atoms with Crippen LogP contribution in [0.25, 0.3) is 16.0 Å². The average Bonchev–Trinajstić information content (AvgIpc) is 3.28. The van der Waals surface area contributed by atoms with Gasteiger partial charge in [-0.25, -0.2) is 19.1 Å². The van der Waals surface area contributed by atoms with Gasteiger partial charge in [0.2, 0.25) is 5.91 Å². The summed E-state index contributed by atoms with van der Waals surface area (Å²) in [6, 6.07) is 13.3. The van der Waals surface area contributed by atoms with E-state index in [1.165, 1.54) is 40.8 Å². The SMILES string of the molecule is COC(=O)c1ccccc1NC(=O)Cn1c(=O)n(-c2ccc(C)cc2)c(=O)c2sc(SC)nc21. The summed E-state index contributed by atoms with van der Waals surface area (Å²) < 4.78 is 7.84. The number of hydrogen-bond acceptors (Lipinski definition) is 8. The van der Waals surface area contributed by atoms with Crippen molar-refractivity contribution in [3.63, 3.8) is 0 Å². The quantitative estimate of drug-likeness (QED) is 0.322. The Kier molecular flexibility index (Phi) is 6.66. The van der Waals surface area contributed by atoms with Crippen LogP contribution in [-0.4, -0.2) is 39.4 Å². The standard InChI is InChI=1S/C23H20N4O5S2/c1-13-8-10-14(11-9-13)27-20(29)18-19(25-22(33-3)34-18)26(23(27)31)12-17(28)24-16-7-5-4-6-15(16)21(30)32-2/h4-11H,12H2,1-3H3,(H,24,28). The second kappa shape index (κ2) is 9.65. The molecular weight excluding hydrogens is 476 g/mol. The normalized spacial score (nSPS) is 10.9. The Hall–Kier alpha value is -3.70. The number of para-hydroxylation sites is 1. The number of esters is 1. The number of rotatable bonds is 6. The summed E-state index contributed by atoms with van der Waals surface area (Å²) in [7, 11) is 1.25. The molecule has 0 aliphatic carbocycles. The van der Waals surface area contributed by atoms with Crippen LogP contribution in [0.2, 0.25) is 0 Å². The maximum atomic E-state index is 13.4. The molecule has 0 bridgehead atoms. The Morgan fingerprint density at radius 1 is 1.12 bits per heavy atom. The molecule has 0 saturated heterocycles. The zero-order valence-corrected chi connectivity index (χ0v) is 20.2. The van der Waals surface area contributed by atoms with Crippen molar-refractivity contribution in [1.82, 2.24) is 14.1 Å². The molecule has 0 aliphatic rings. The number of fused-ring (bicyclic) bond motifs is 1. The van der Waals surface area contributed by atoms with E-state index in [1.54, 1.807) is 42.5 Å². The molecule has 0 atom stereocenters. The number of benzene rings is 2. The summed E-state index contributed by atoms with van der Waals surface area (Å²) in [6.07, 6.45) is 1.81. The molecule has 1 amide bonds. The van der Waals surface area contributed by atoms with Crippen LogP contribution in [-0.2, 0) is 16.1 Å². The first-order valence-electron chi connectivity index (χ1n) is 10.1. The molecule has 2 aromatic heterocycles. The zero-order valence-electron chi connectivity index (χ0n) is 18.5. The van der Waals surface area contributed by atoms with E-state index in [4.69, 9.17) is 4.74 Å². The minimum atomic E-state index is -0.685. The zero-order chi connectivity index (χ0) is 24.4. The van der Waals surface area contributed by atoms with Crippen LogP contribution in [0, 0.1) is 6.92 Å². The van der Waals surface area contributed by atoms with Crippen LogP contribution < -0.4 is 16.6 Å². The van der Waals surface area contributed by atoms with E-state index in [-0.39, 0.29) is 21.6 Å². The van der Waals surface area contributed by atoms with Crippen LogP contribution in [0.1, 0.15) is 15.9 Å². The van der Waals surface area contributed by atoms with Gasteiger partial charge in [-0.2, -0.15) is 0 Å². The van der Waals surface area contributed by atoms with E-state index in [2.05, 4.69) is 10.3 Å². The minimum Gasteiger partial charge on any atom is -0.465 e. The number of nitrogens with one attached hydrogen (secondary N) is 1.